The molecule has 0 radical (unpaired) electrons. The molecule has 9 rings (SSSR count). The normalized spacial score (nSPS) is 11.5. The Bertz CT molecular complexity index is 2800. The molecule has 0 spiro atoms. The van der Waals surface area contributed by atoms with Crippen LogP contribution in [-0.2, 0) is 6.42 Å². The first-order valence-electron chi connectivity index (χ1n) is 19.7. The highest BCUT2D eigenvalue weighted by atomic mass is 15.0. The zero-order chi connectivity index (χ0) is 39.8. The number of benzene rings is 7. The Morgan fingerprint density at radius 1 is 0.390 bits per heavy atom. The van der Waals surface area contributed by atoms with Crippen LogP contribution in [0.3, 0.4) is 0 Å². The van der Waals surface area contributed by atoms with Crippen molar-refractivity contribution in [2.24, 2.45) is 0 Å². The lowest BCUT2D eigenvalue weighted by Crippen LogP contribution is -2.30. The van der Waals surface area contributed by atoms with Crippen LogP contribution < -0.4 is 5.32 Å². The molecule has 1 atom stereocenters. The van der Waals surface area contributed by atoms with Crippen molar-refractivity contribution in [2.75, 3.05) is 0 Å². The number of nitrogens with one attached hydrogen (secondary N) is 2. The maximum absolute atomic E-state index is 9.74. The van der Waals surface area contributed by atoms with Gasteiger partial charge >= 0.3 is 0 Å². The van der Waals surface area contributed by atoms with Gasteiger partial charge in [-0.05, 0) is 111 Å². The van der Waals surface area contributed by atoms with E-state index in [4.69, 9.17) is 0 Å². The molecule has 59 heavy (non-hydrogen) atoms. The summed E-state index contributed by atoms with van der Waals surface area (Å²) >= 11 is 0. The van der Waals surface area contributed by atoms with E-state index in [0.717, 1.165) is 66.8 Å². The van der Waals surface area contributed by atoms with Gasteiger partial charge in [-0.3, -0.25) is 5.41 Å². The molecular formula is C53H40N6. The third-order valence-corrected chi connectivity index (χ3v) is 10.5. The molecule has 2 aromatic heterocycles. The second-order valence-electron chi connectivity index (χ2n) is 14.4. The van der Waals surface area contributed by atoms with Crippen LogP contribution in [0.1, 0.15) is 22.7 Å². The topological polar surface area (TPSA) is 87.4 Å². The van der Waals surface area contributed by atoms with Crippen molar-refractivity contribution in [3.05, 3.63) is 230 Å². The Morgan fingerprint density at radius 2 is 0.763 bits per heavy atom. The molecule has 6 nitrogen and oxygen atoms in total. The average molecular weight is 761 g/mol. The van der Waals surface area contributed by atoms with Crippen LogP contribution in [0.2, 0.25) is 0 Å². The number of rotatable bonds is 11. The molecule has 282 valence electrons. The van der Waals surface area contributed by atoms with Gasteiger partial charge in [0.1, 0.15) is 5.84 Å². The monoisotopic (exact) mass is 760 g/mol. The van der Waals surface area contributed by atoms with E-state index in [2.05, 4.69) is 183 Å². The summed E-state index contributed by atoms with van der Waals surface area (Å²) in [6, 6.07) is 64.7. The molecular weight excluding hydrogens is 721 g/mol. The largest absolute Gasteiger partial charge is 0.363 e. The fourth-order valence-corrected chi connectivity index (χ4v) is 7.43. The summed E-state index contributed by atoms with van der Waals surface area (Å²) in [6.45, 7) is 0. The standard InChI is InChI=1S/C53H40N6/c54-51(49-35-46(39-16-8-3-9-17-39)32-47(36-49)41-20-24-43(25-21-41)53-57-28-11-29-58-53)59-50(30-37-12-4-1-5-13-37)48-33-44(38-14-6-2-7-15-38)31-45(34-48)40-18-22-42(23-19-40)52-55-26-10-27-56-52/h1-29,31-36,50H,30H2,(H2,54,59). The molecule has 0 amide bonds. The van der Waals surface area contributed by atoms with Gasteiger partial charge in [0.2, 0.25) is 0 Å². The van der Waals surface area contributed by atoms with E-state index in [1.165, 1.54) is 5.56 Å². The Labute approximate surface area is 344 Å². The zero-order valence-corrected chi connectivity index (χ0v) is 32.3. The second kappa shape index (κ2) is 17.1. The minimum atomic E-state index is -0.224. The fourth-order valence-electron chi connectivity index (χ4n) is 7.43. The molecule has 0 aliphatic carbocycles. The highest BCUT2D eigenvalue weighted by molar-refractivity contribution is 5.99. The van der Waals surface area contributed by atoms with Gasteiger partial charge < -0.3 is 5.32 Å². The summed E-state index contributed by atoms with van der Waals surface area (Å²) < 4.78 is 0. The van der Waals surface area contributed by atoms with Gasteiger partial charge in [-0.1, -0.05) is 140 Å². The van der Waals surface area contributed by atoms with E-state index in [9.17, 15) is 5.41 Å². The first kappa shape index (κ1) is 36.8. The van der Waals surface area contributed by atoms with Crippen molar-refractivity contribution in [3.63, 3.8) is 0 Å². The molecule has 0 aliphatic rings. The van der Waals surface area contributed by atoms with E-state index in [-0.39, 0.29) is 6.04 Å². The van der Waals surface area contributed by atoms with Crippen molar-refractivity contribution in [1.29, 1.82) is 5.41 Å². The molecule has 0 saturated heterocycles. The maximum Gasteiger partial charge on any atom is 0.159 e. The molecule has 0 fully saturated rings. The van der Waals surface area contributed by atoms with Crippen LogP contribution in [0.4, 0.5) is 0 Å². The fraction of sp³-hybridized carbons (Fsp3) is 0.0377. The van der Waals surface area contributed by atoms with Gasteiger partial charge in [-0.2, -0.15) is 0 Å². The van der Waals surface area contributed by atoms with Crippen molar-refractivity contribution in [1.82, 2.24) is 25.3 Å². The summed E-state index contributed by atoms with van der Waals surface area (Å²) in [7, 11) is 0. The predicted octanol–water partition coefficient (Wildman–Crippen LogP) is 12.2. The average Bonchev–Trinajstić information content (AvgIpc) is 3.32. The van der Waals surface area contributed by atoms with Crippen molar-refractivity contribution in [2.45, 2.75) is 12.5 Å². The molecule has 7 aromatic carbocycles. The molecule has 9 aromatic rings. The highest BCUT2D eigenvalue weighted by Crippen LogP contribution is 2.34. The summed E-state index contributed by atoms with van der Waals surface area (Å²) in [4.78, 5) is 17.8. The lowest BCUT2D eigenvalue weighted by atomic mass is 9.90. The van der Waals surface area contributed by atoms with Gasteiger partial charge in [-0.15, -0.1) is 0 Å². The summed E-state index contributed by atoms with van der Waals surface area (Å²) in [5.74, 6) is 1.73. The van der Waals surface area contributed by atoms with Crippen LogP contribution in [0.15, 0.2) is 213 Å². The number of nitrogens with zero attached hydrogens (tertiary/aromatic N) is 4. The van der Waals surface area contributed by atoms with Crippen LogP contribution in [-0.4, -0.2) is 25.8 Å². The Balaban J connectivity index is 1.11. The lowest BCUT2D eigenvalue weighted by molar-refractivity contribution is 0.642. The minimum absolute atomic E-state index is 0.224. The van der Waals surface area contributed by atoms with Crippen molar-refractivity contribution < 1.29 is 0 Å². The van der Waals surface area contributed by atoms with Crippen molar-refractivity contribution >= 4 is 5.84 Å². The Morgan fingerprint density at radius 3 is 1.20 bits per heavy atom. The summed E-state index contributed by atoms with van der Waals surface area (Å²) in [5, 5.41) is 13.5. The molecule has 2 N–H and O–H groups in total. The molecule has 1 unspecified atom stereocenters. The van der Waals surface area contributed by atoms with Crippen LogP contribution in [0.5, 0.6) is 0 Å². The van der Waals surface area contributed by atoms with Gasteiger partial charge in [0.25, 0.3) is 0 Å². The number of hydrogen-bond donors (Lipinski definition) is 2. The van der Waals surface area contributed by atoms with E-state index >= 15 is 0 Å². The van der Waals surface area contributed by atoms with Gasteiger partial charge in [0, 0.05) is 41.5 Å². The van der Waals surface area contributed by atoms with Gasteiger partial charge in [-0.25, -0.2) is 19.9 Å². The van der Waals surface area contributed by atoms with Crippen molar-refractivity contribution in [3.8, 4) is 67.3 Å². The zero-order valence-electron chi connectivity index (χ0n) is 32.3. The lowest BCUT2D eigenvalue weighted by Gasteiger charge is -2.24. The van der Waals surface area contributed by atoms with E-state index in [0.29, 0.717) is 23.9 Å². The highest BCUT2D eigenvalue weighted by Gasteiger charge is 2.19. The molecule has 0 bridgehead atoms. The first-order valence-corrected chi connectivity index (χ1v) is 19.7. The third kappa shape index (κ3) is 8.63. The van der Waals surface area contributed by atoms with Crippen LogP contribution in [0, 0.1) is 5.41 Å². The number of aromatic nitrogens is 4. The Kier molecular flexibility index (Phi) is 10.7. The predicted molar refractivity (Wildman–Crippen MR) is 240 cm³/mol. The van der Waals surface area contributed by atoms with E-state index < -0.39 is 0 Å². The number of amidine groups is 1. The van der Waals surface area contributed by atoms with E-state index in [1.807, 2.05) is 30.3 Å². The second-order valence-corrected chi connectivity index (χ2v) is 14.4. The molecule has 2 heterocycles. The van der Waals surface area contributed by atoms with Crippen LogP contribution in [0.25, 0.3) is 67.3 Å². The third-order valence-electron chi connectivity index (χ3n) is 10.5. The van der Waals surface area contributed by atoms with E-state index in [1.54, 1.807) is 24.8 Å². The van der Waals surface area contributed by atoms with Gasteiger partial charge in [0.05, 0.1) is 6.04 Å². The van der Waals surface area contributed by atoms with Gasteiger partial charge in [0.15, 0.2) is 11.6 Å². The maximum atomic E-state index is 9.74. The minimum Gasteiger partial charge on any atom is -0.363 e. The quantitative estimate of drug-likeness (QED) is 0.101. The first-order chi connectivity index (χ1) is 29.1. The molecule has 6 heteroatoms. The van der Waals surface area contributed by atoms with Crippen LogP contribution >= 0.6 is 0 Å². The molecule has 0 aliphatic heterocycles. The molecule has 0 saturated carbocycles. The Hall–Kier alpha value is -7.83. The summed E-state index contributed by atoms with van der Waals surface area (Å²) in [6.07, 6.45) is 7.72. The summed E-state index contributed by atoms with van der Waals surface area (Å²) in [5.41, 5.74) is 13.6. The smallest absolute Gasteiger partial charge is 0.159 e. The number of hydrogen-bond acceptors (Lipinski definition) is 5. The SMILES string of the molecule is N=C(NC(Cc1ccccc1)c1cc(-c2ccccc2)cc(-c2ccc(-c3ncccn3)cc2)c1)c1cc(-c2ccccc2)cc(-c2ccc(-c3ncccn3)cc2)c1.